The van der Waals surface area contributed by atoms with Gasteiger partial charge in [0.2, 0.25) is 5.91 Å². The minimum absolute atomic E-state index is 0.0395. The van der Waals surface area contributed by atoms with Crippen molar-refractivity contribution in [3.05, 3.63) is 0 Å². The van der Waals surface area contributed by atoms with Gasteiger partial charge in [-0.25, -0.2) is 0 Å². The highest BCUT2D eigenvalue weighted by Gasteiger charge is 2.26. The van der Waals surface area contributed by atoms with Crippen LogP contribution in [0.5, 0.6) is 0 Å². The molecule has 2 N–H and O–H groups in total. The Labute approximate surface area is 126 Å². The molecule has 1 amide bonds. The van der Waals surface area contributed by atoms with Crippen molar-refractivity contribution >= 4 is 11.9 Å². The third kappa shape index (κ3) is 7.43. The van der Waals surface area contributed by atoms with Crippen molar-refractivity contribution in [3.63, 3.8) is 0 Å². The van der Waals surface area contributed by atoms with Gasteiger partial charge in [-0.2, -0.15) is 0 Å². The van der Waals surface area contributed by atoms with E-state index in [9.17, 15) is 9.59 Å². The Morgan fingerprint density at radius 1 is 1.48 bits per heavy atom. The Balaban J connectivity index is 2.28. The van der Waals surface area contributed by atoms with E-state index in [0.717, 1.165) is 32.4 Å². The van der Waals surface area contributed by atoms with Crippen LogP contribution in [0.1, 0.15) is 32.6 Å². The van der Waals surface area contributed by atoms with Gasteiger partial charge in [0, 0.05) is 33.2 Å². The Morgan fingerprint density at radius 3 is 2.90 bits per heavy atom. The second-order valence-electron chi connectivity index (χ2n) is 5.91. The SMILES string of the molecule is COCCCNC(=O)CN1CCCC(C(C)CC(=O)O)C1. The van der Waals surface area contributed by atoms with Crippen LogP contribution < -0.4 is 5.32 Å². The number of amides is 1. The Hall–Kier alpha value is -1.14. The molecule has 0 aromatic heterocycles. The van der Waals surface area contributed by atoms with Crippen LogP contribution in [0, 0.1) is 11.8 Å². The number of nitrogens with one attached hydrogen (secondary N) is 1. The zero-order valence-corrected chi connectivity index (χ0v) is 13.1. The quantitative estimate of drug-likeness (QED) is 0.620. The van der Waals surface area contributed by atoms with Crippen molar-refractivity contribution in [2.45, 2.75) is 32.6 Å². The van der Waals surface area contributed by atoms with Crippen LogP contribution in [0.2, 0.25) is 0 Å². The van der Waals surface area contributed by atoms with Crippen molar-refractivity contribution in [1.82, 2.24) is 10.2 Å². The number of carbonyl (C=O) groups excluding carboxylic acids is 1. The number of hydrogen-bond acceptors (Lipinski definition) is 4. The summed E-state index contributed by atoms with van der Waals surface area (Å²) in [5, 5.41) is 11.8. The molecule has 1 fully saturated rings. The molecule has 2 atom stereocenters. The number of ether oxygens (including phenoxy) is 1. The summed E-state index contributed by atoms with van der Waals surface area (Å²) in [6.07, 6.45) is 3.12. The zero-order chi connectivity index (χ0) is 15.7. The number of piperidine rings is 1. The number of hydrogen-bond donors (Lipinski definition) is 2. The van der Waals surface area contributed by atoms with Gasteiger partial charge >= 0.3 is 5.97 Å². The van der Waals surface area contributed by atoms with E-state index in [2.05, 4.69) is 10.2 Å². The molecule has 0 aliphatic carbocycles. The van der Waals surface area contributed by atoms with E-state index in [0.29, 0.717) is 25.6 Å². The summed E-state index contributed by atoms with van der Waals surface area (Å²) in [5.41, 5.74) is 0. The third-order valence-electron chi connectivity index (χ3n) is 4.06. The Bertz CT molecular complexity index is 336. The van der Waals surface area contributed by atoms with Crippen molar-refractivity contribution in [2.75, 3.05) is 39.9 Å². The smallest absolute Gasteiger partial charge is 0.303 e. The number of methoxy groups -OCH3 is 1. The lowest BCUT2D eigenvalue weighted by Gasteiger charge is -2.35. The monoisotopic (exact) mass is 300 g/mol. The van der Waals surface area contributed by atoms with Gasteiger partial charge in [0.15, 0.2) is 0 Å². The maximum absolute atomic E-state index is 11.8. The molecular weight excluding hydrogens is 272 g/mol. The van der Waals surface area contributed by atoms with Crippen LogP contribution in [-0.2, 0) is 14.3 Å². The van der Waals surface area contributed by atoms with Gasteiger partial charge in [0.25, 0.3) is 0 Å². The minimum Gasteiger partial charge on any atom is -0.481 e. The summed E-state index contributed by atoms with van der Waals surface area (Å²) in [4.78, 5) is 24.8. The lowest BCUT2D eigenvalue weighted by molar-refractivity contribution is -0.138. The number of nitrogens with zero attached hydrogens (tertiary/aromatic N) is 1. The van der Waals surface area contributed by atoms with Gasteiger partial charge in [-0.05, 0) is 37.6 Å². The summed E-state index contributed by atoms with van der Waals surface area (Å²) in [7, 11) is 1.65. The first-order chi connectivity index (χ1) is 10.0. The largest absolute Gasteiger partial charge is 0.481 e. The lowest BCUT2D eigenvalue weighted by atomic mass is 9.84. The molecule has 0 radical (unpaired) electrons. The van der Waals surface area contributed by atoms with Gasteiger partial charge in [-0.3, -0.25) is 14.5 Å². The number of rotatable bonds is 9. The summed E-state index contributed by atoms with van der Waals surface area (Å²) < 4.78 is 4.94. The van der Waals surface area contributed by atoms with Crippen LogP contribution in [0.4, 0.5) is 0 Å². The van der Waals surface area contributed by atoms with E-state index in [1.165, 1.54) is 0 Å². The second kappa shape index (κ2) is 9.73. The molecule has 1 aliphatic heterocycles. The first kappa shape index (κ1) is 17.9. The summed E-state index contributed by atoms with van der Waals surface area (Å²) >= 11 is 0. The normalized spacial score (nSPS) is 21.0. The highest BCUT2D eigenvalue weighted by molar-refractivity contribution is 5.78. The number of carboxylic acid groups (broad SMARTS) is 1. The maximum atomic E-state index is 11.8. The molecule has 1 aliphatic rings. The highest BCUT2D eigenvalue weighted by Crippen LogP contribution is 2.25. The minimum atomic E-state index is -0.740. The fraction of sp³-hybridized carbons (Fsp3) is 0.867. The van der Waals surface area contributed by atoms with E-state index in [-0.39, 0.29) is 18.2 Å². The fourth-order valence-electron chi connectivity index (χ4n) is 2.84. The van der Waals surface area contributed by atoms with E-state index in [1.54, 1.807) is 7.11 Å². The van der Waals surface area contributed by atoms with Crippen LogP contribution >= 0.6 is 0 Å². The van der Waals surface area contributed by atoms with Gasteiger partial charge in [-0.15, -0.1) is 0 Å². The number of carbonyl (C=O) groups is 2. The average Bonchev–Trinajstić information content (AvgIpc) is 2.43. The van der Waals surface area contributed by atoms with Crippen LogP contribution in [0.3, 0.4) is 0 Å². The number of likely N-dealkylation sites (tertiary alicyclic amines) is 1. The summed E-state index contributed by atoms with van der Waals surface area (Å²) in [6, 6.07) is 0. The van der Waals surface area contributed by atoms with Gasteiger partial charge in [0.1, 0.15) is 0 Å². The molecule has 1 rings (SSSR count). The molecular formula is C15H28N2O4. The molecule has 6 nitrogen and oxygen atoms in total. The molecule has 6 heteroatoms. The van der Waals surface area contributed by atoms with E-state index < -0.39 is 5.97 Å². The molecule has 0 saturated carbocycles. The second-order valence-corrected chi connectivity index (χ2v) is 5.91. The fourth-order valence-corrected chi connectivity index (χ4v) is 2.84. The van der Waals surface area contributed by atoms with Crippen molar-refractivity contribution in [3.8, 4) is 0 Å². The zero-order valence-electron chi connectivity index (χ0n) is 13.1. The molecule has 0 bridgehead atoms. The molecule has 0 spiro atoms. The molecule has 0 aromatic carbocycles. The molecule has 2 unspecified atom stereocenters. The maximum Gasteiger partial charge on any atom is 0.303 e. The Kier molecular flexibility index (Phi) is 8.30. The number of carboxylic acids is 1. The lowest BCUT2D eigenvalue weighted by Crippen LogP contribution is -2.44. The van der Waals surface area contributed by atoms with Gasteiger partial charge in [0.05, 0.1) is 6.54 Å². The molecule has 122 valence electrons. The summed E-state index contributed by atoms with van der Waals surface area (Å²) in [5.74, 6) is -0.167. The highest BCUT2D eigenvalue weighted by atomic mass is 16.5. The van der Waals surface area contributed by atoms with Crippen LogP contribution in [0.25, 0.3) is 0 Å². The van der Waals surface area contributed by atoms with E-state index in [4.69, 9.17) is 9.84 Å². The van der Waals surface area contributed by atoms with E-state index >= 15 is 0 Å². The standard InChI is InChI=1S/C15H28N2O4/c1-12(9-15(19)20)13-5-3-7-17(10-13)11-14(18)16-6-4-8-21-2/h12-13H,3-11H2,1-2H3,(H,16,18)(H,19,20). The van der Waals surface area contributed by atoms with Gasteiger partial charge < -0.3 is 15.2 Å². The average molecular weight is 300 g/mol. The Morgan fingerprint density at radius 2 is 2.24 bits per heavy atom. The van der Waals surface area contributed by atoms with Gasteiger partial charge in [-0.1, -0.05) is 6.92 Å². The van der Waals surface area contributed by atoms with Crippen LogP contribution in [0.15, 0.2) is 0 Å². The van der Waals surface area contributed by atoms with Crippen molar-refractivity contribution < 1.29 is 19.4 Å². The first-order valence-corrected chi connectivity index (χ1v) is 7.72. The molecule has 0 aromatic rings. The third-order valence-corrected chi connectivity index (χ3v) is 4.06. The topological polar surface area (TPSA) is 78.9 Å². The first-order valence-electron chi connectivity index (χ1n) is 7.72. The van der Waals surface area contributed by atoms with Crippen molar-refractivity contribution in [2.24, 2.45) is 11.8 Å². The van der Waals surface area contributed by atoms with Crippen LogP contribution in [-0.4, -0.2) is 61.8 Å². The predicted octanol–water partition coefficient (Wildman–Crippen LogP) is 0.962. The summed E-state index contributed by atoms with van der Waals surface area (Å²) in [6.45, 7) is 5.43. The van der Waals surface area contributed by atoms with E-state index in [1.807, 2.05) is 6.92 Å². The molecule has 1 saturated heterocycles. The number of aliphatic carboxylic acids is 1. The van der Waals surface area contributed by atoms with Crippen molar-refractivity contribution in [1.29, 1.82) is 0 Å². The molecule has 1 heterocycles. The predicted molar refractivity (Wildman–Crippen MR) is 80.1 cm³/mol. The molecule has 21 heavy (non-hydrogen) atoms.